The second-order valence-corrected chi connectivity index (χ2v) is 8.53. The quantitative estimate of drug-likeness (QED) is 0.806. The fourth-order valence-electron chi connectivity index (χ4n) is 3.34. The van der Waals surface area contributed by atoms with E-state index in [0.29, 0.717) is 16.9 Å². The Morgan fingerprint density at radius 2 is 1.50 bits per heavy atom. The molecule has 2 heteroatoms. The van der Waals surface area contributed by atoms with Crippen molar-refractivity contribution in [2.75, 3.05) is 6.54 Å². The number of hydrogen-bond acceptors (Lipinski definition) is 2. The van der Waals surface area contributed by atoms with E-state index in [2.05, 4.69) is 39.9 Å². The van der Waals surface area contributed by atoms with E-state index in [0.717, 1.165) is 24.4 Å². The Kier molecular flexibility index (Phi) is 3.81. The lowest BCUT2D eigenvalue weighted by molar-refractivity contribution is 0.0640. The van der Waals surface area contributed by atoms with Crippen LogP contribution in [0.1, 0.15) is 60.3 Å². The number of nitrogens with one attached hydrogen (secondary N) is 1. The average Bonchev–Trinajstić information content (AvgIpc) is 2.07. The van der Waals surface area contributed by atoms with Crippen LogP contribution in [0.2, 0.25) is 0 Å². The van der Waals surface area contributed by atoms with E-state index in [-0.39, 0.29) is 0 Å². The van der Waals surface area contributed by atoms with Crippen molar-refractivity contribution in [2.24, 2.45) is 28.4 Å². The fraction of sp³-hybridized carbons (Fsp3) is 1.00. The van der Waals surface area contributed by atoms with Gasteiger partial charge in [0.15, 0.2) is 0 Å². The molecule has 2 fully saturated rings. The molecule has 106 valence electrons. The normalized spacial score (nSPS) is 37.0. The minimum Gasteiger partial charge on any atom is -0.328 e. The van der Waals surface area contributed by atoms with E-state index in [1.54, 1.807) is 0 Å². The summed E-state index contributed by atoms with van der Waals surface area (Å²) in [6.45, 7) is 13.1. The molecule has 2 aliphatic carbocycles. The molecule has 0 unspecified atom stereocenters. The molecule has 0 atom stereocenters. The zero-order valence-electron chi connectivity index (χ0n) is 12.9. The molecule has 2 saturated carbocycles. The molecule has 0 bridgehead atoms. The van der Waals surface area contributed by atoms with E-state index in [4.69, 9.17) is 5.73 Å². The third-order valence-electron chi connectivity index (χ3n) is 5.49. The highest BCUT2D eigenvalue weighted by Crippen LogP contribution is 2.43. The number of hydrogen-bond donors (Lipinski definition) is 2. The predicted octanol–water partition coefficient (Wildman–Crippen LogP) is 3.16. The van der Waals surface area contributed by atoms with Crippen LogP contribution in [0, 0.1) is 22.7 Å². The van der Waals surface area contributed by atoms with Gasteiger partial charge >= 0.3 is 0 Å². The largest absolute Gasteiger partial charge is 0.328 e. The van der Waals surface area contributed by atoms with Gasteiger partial charge in [-0.25, -0.2) is 0 Å². The van der Waals surface area contributed by atoms with E-state index in [9.17, 15) is 0 Å². The Morgan fingerprint density at radius 1 is 0.944 bits per heavy atom. The molecule has 2 aliphatic rings. The summed E-state index contributed by atoms with van der Waals surface area (Å²) in [6, 6.07) is 1.24. The monoisotopic (exact) mass is 252 g/mol. The Bertz CT molecular complexity index is 278. The highest BCUT2D eigenvalue weighted by Gasteiger charge is 2.41. The summed E-state index contributed by atoms with van der Waals surface area (Å²) in [5.41, 5.74) is 6.82. The van der Waals surface area contributed by atoms with E-state index in [1.165, 1.54) is 25.7 Å². The molecule has 0 radical (unpaired) electrons. The third kappa shape index (κ3) is 3.08. The summed E-state index contributed by atoms with van der Waals surface area (Å²) in [6.07, 6.45) is 5.18. The first-order chi connectivity index (χ1) is 8.18. The summed E-state index contributed by atoms with van der Waals surface area (Å²) in [5.74, 6) is 1.74. The Labute approximate surface area is 113 Å². The number of rotatable bonds is 4. The van der Waals surface area contributed by atoms with Gasteiger partial charge in [-0.15, -0.1) is 0 Å². The standard InChI is InChI=1S/C16H32N2/c1-15(2,3)11-8-14(9-11)18-10-16(4,5)12-6-13(17)7-12/h11-14,18H,6-10,17H2,1-5H3. The summed E-state index contributed by atoms with van der Waals surface area (Å²) < 4.78 is 0. The predicted molar refractivity (Wildman–Crippen MR) is 78.5 cm³/mol. The molecule has 2 rings (SSSR count). The maximum Gasteiger partial charge on any atom is 0.00729 e. The first-order valence-corrected chi connectivity index (χ1v) is 7.67. The third-order valence-corrected chi connectivity index (χ3v) is 5.49. The lowest BCUT2D eigenvalue weighted by atomic mass is 9.64. The lowest BCUT2D eigenvalue weighted by Crippen LogP contribution is -2.52. The molecular formula is C16H32N2. The van der Waals surface area contributed by atoms with Crippen molar-refractivity contribution in [1.82, 2.24) is 5.32 Å². The van der Waals surface area contributed by atoms with Crippen molar-refractivity contribution in [3.63, 3.8) is 0 Å². The van der Waals surface area contributed by atoms with Crippen LogP contribution in [-0.4, -0.2) is 18.6 Å². The van der Waals surface area contributed by atoms with Gasteiger partial charge in [0.25, 0.3) is 0 Å². The molecule has 0 amide bonds. The fourth-order valence-corrected chi connectivity index (χ4v) is 3.34. The van der Waals surface area contributed by atoms with Crippen molar-refractivity contribution in [2.45, 2.75) is 72.4 Å². The number of nitrogens with two attached hydrogens (primary N) is 1. The van der Waals surface area contributed by atoms with Crippen LogP contribution in [0.3, 0.4) is 0 Å². The molecule has 0 aliphatic heterocycles. The van der Waals surface area contributed by atoms with Crippen LogP contribution < -0.4 is 11.1 Å². The zero-order chi connectivity index (χ0) is 13.6. The SMILES string of the molecule is CC(C)(C)C1CC(NCC(C)(C)C2CC(N)C2)C1. The lowest BCUT2D eigenvalue weighted by Gasteiger charge is -2.48. The molecule has 0 aromatic rings. The van der Waals surface area contributed by atoms with Crippen LogP contribution in [-0.2, 0) is 0 Å². The van der Waals surface area contributed by atoms with Gasteiger partial charge in [0.1, 0.15) is 0 Å². The van der Waals surface area contributed by atoms with Gasteiger partial charge < -0.3 is 11.1 Å². The smallest absolute Gasteiger partial charge is 0.00729 e. The van der Waals surface area contributed by atoms with Crippen LogP contribution in [0.15, 0.2) is 0 Å². The minimum absolute atomic E-state index is 0.419. The van der Waals surface area contributed by atoms with Gasteiger partial charge in [-0.3, -0.25) is 0 Å². The highest BCUT2D eigenvalue weighted by atomic mass is 14.9. The summed E-state index contributed by atoms with van der Waals surface area (Å²) in [5, 5.41) is 3.78. The second kappa shape index (κ2) is 4.79. The molecule has 0 aromatic heterocycles. The average molecular weight is 252 g/mol. The Morgan fingerprint density at radius 3 is 1.94 bits per heavy atom. The van der Waals surface area contributed by atoms with Gasteiger partial charge in [-0.2, -0.15) is 0 Å². The second-order valence-electron chi connectivity index (χ2n) is 8.53. The summed E-state index contributed by atoms with van der Waals surface area (Å²) in [4.78, 5) is 0. The van der Waals surface area contributed by atoms with E-state index in [1.807, 2.05) is 0 Å². The molecule has 0 aromatic carbocycles. The van der Waals surface area contributed by atoms with Crippen molar-refractivity contribution in [3.8, 4) is 0 Å². The van der Waals surface area contributed by atoms with E-state index < -0.39 is 0 Å². The van der Waals surface area contributed by atoms with Gasteiger partial charge in [0.2, 0.25) is 0 Å². The van der Waals surface area contributed by atoms with Crippen molar-refractivity contribution in [1.29, 1.82) is 0 Å². The molecule has 0 saturated heterocycles. The molecule has 0 spiro atoms. The minimum atomic E-state index is 0.419. The maximum atomic E-state index is 5.90. The Hall–Kier alpha value is -0.0800. The van der Waals surface area contributed by atoms with Crippen molar-refractivity contribution >= 4 is 0 Å². The highest BCUT2D eigenvalue weighted by molar-refractivity contribution is 4.96. The summed E-state index contributed by atoms with van der Waals surface area (Å²) >= 11 is 0. The van der Waals surface area contributed by atoms with Crippen LogP contribution in [0.5, 0.6) is 0 Å². The van der Waals surface area contributed by atoms with Crippen molar-refractivity contribution in [3.05, 3.63) is 0 Å². The van der Waals surface area contributed by atoms with Gasteiger partial charge in [0, 0.05) is 18.6 Å². The van der Waals surface area contributed by atoms with Gasteiger partial charge in [-0.1, -0.05) is 34.6 Å². The van der Waals surface area contributed by atoms with E-state index >= 15 is 0 Å². The van der Waals surface area contributed by atoms with Crippen LogP contribution >= 0.6 is 0 Å². The topological polar surface area (TPSA) is 38.0 Å². The van der Waals surface area contributed by atoms with Crippen molar-refractivity contribution < 1.29 is 0 Å². The molecular weight excluding hydrogens is 220 g/mol. The zero-order valence-corrected chi connectivity index (χ0v) is 12.9. The molecule has 2 nitrogen and oxygen atoms in total. The Balaban J connectivity index is 1.67. The molecule has 3 N–H and O–H groups in total. The summed E-state index contributed by atoms with van der Waals surface area (Å²) in [7, 11) is 0. The molecule has 0 heterocycles. The molecule has 18 heavy (non-hydrogen) atoms. The van der Waals surface area contributed by atoms with Gasteiger partial charge in [0.05, 0.1) is 0 Å². The van der Waals surface area contributed by atoms with Gasteiger partial charge in [-0.05, 0) is 48.3 Å². The van der Waals surface area contributed by atoms with Crippen LogP contribution in [0.4, 0.5) is 0 Å². The maximum absolute atomic E-state index is 5.90. The first-order valence-electron chi connectivity index (χ1n) is 7.67. The van der Waals surface area contributed by atoms with Crippen LogP contribution in [0.25, 0.3) is 0 Å². The first kappa shape index (κ1) is 14.3.